The van der Waals surface area contributed by atoms with Gasteiger partial charge in [0.1, 0.15) is 11.4 Å². The van der Waals surface area contributed by atoms with E-state index in [4.69, 9.17) is 4.74 Å². The molecule has 3 aromatic heterocycles. The van der Waals surface area contributed by atoms with Crippen molar-refractivity contribution < 1.29 is 9.53 Å². The van der Waals surface area contributed by atoms with Gasteiger partial charge in [0.2, 0.25) is 11.9 Å². The zero-order chi connectivity index (χ0) is 28.1. The molecule has 202 valence electrons. The highest BCUT2D eigenvalue weighted by atomic mass is 16.5. The quantitative estimate of drug-likeness (QED) is 0.299. The first-order chi connectivity index (χ1) is 18.7. The van der Waals surface area contributed by atoms with Crippen LogP contribution in [0.5, 0.6) is 5.75 Å². The second kappa shape index (κ2) is 11.7. The van der Waals surface area contributed by atoms with E-state index >= 15 is 0 Å². The summed E-state index contributed by atoms with van der Waals surface area (Å²) < 4.78 is 7.14. The molecule has 11 heteroatoms. The molecule has 3 heterocycles. The first kappa shape index (κ1) is 27.3. The molecule has 0 unspecified atom stereocenters. The number of likely N-dealkylation sites (N-methyl/N-ethyl adjacent to an activating group) is 2. The van der Waals surface area contributed by atoms with Gasteiger partial charge in [0, 0.05) is 51.0 Å². The van der Waals surface area contributed by atoms with Crippen LogP contribution in [0.1, 0.15) is 0 Å². The molecule has 0 aliphatic heterocycles. The minimum atomic E-state index is -0.339. The van der Waals surface area contributed by atoms with Crippen LogP contribution in [0.25, 0.3) is 22.3 Å². The van der Waals surface area contributed by atoms with Crippen molar-refractivity contribution in [1.29, 1.82) is 0 Å². The van der Waals surface area contributed by atoms with Crippen molar-refractivity contribution in [2.45, 2.75) is 0 Å². The molecule has 39 heavy (non-hydrogen) atoms. The molecule has 0 bridgehead atoms. The van der Waals surface area contributed by atoms with Gasteiger partial charge in [-0.2, -0.15) is 4.98 Å². The summed E-state index contributed by atoms with van der Waals surface area (Å²) >= 11 is 0. The fourth-order valence-electron chi connectivity index (χ4n) is 4.04. The zero-order valence-corrected chi connectivity index (χ0v) is 22.7. The van der Waals surface area contributed by atoms with Crippen LogP contribution in [0.2, 0.25) is 0 Å². The highest BCUT2D eigenvalue weighted by molar-refractivity contribution is 6.02. The summed E-state index contributed by atoms with van der Waals surface area (Å²) in [6, 6.07) is 10.8. The van der Waals surface area contributed by atoms with Crippen molar-refractivity contribution in [2.75, 3.05) is 56.9 Å². The Hall–Kier alpha value is -4.77. The summed E-state index contributed by atoms with van der Waals surface area (Å²) in [5.74, 6) is 0.450. The molecule has 0 spiro atoms. The van der Waals surface area contributed by atoms with Crippen molar-refractivity contribution in [3.05, 3.63) is 71.8 Å². The zero-order valence-electron chi connectivity index (χ0n) is 22.7. The third kappa shape index (κ3) is 6.04. The number of pyridine rings is 2. The lowest BCUT2D eigenvalue weighted by Crippen LogP contribution is -2.29. The Morgan fingerprint density at radius 1 is 1.13 bits per heavy atom. The van der Waals surface area contributed by atoms with Crippen LogP contribution < -0.4 is 25.8 Å². The Kier molecular flexibility index (Phi) is 8.21. The first-order valence-electron chi connectivity index (χ1n) is 12.3. The van der Waals surface area contributed by atoms with Crippen molar-refractivity contribution >= 4 is 40.0 Å². The number of fused-ring (bicyclic) bond motifs is 1. The number of rotatable bonds is 10. The Balaban J connectivity index is 1.73. The van der Waals surface area contributed by atoms with Gasteiger partial charge in [0.25, 0.3) is 5.56 Å². The molecule has 4 aromatic rings. The normalized spacial score (nSPS) is 10.9. The topological polar surface area (TPSA) is 118 Å². The Morgan fingerprint density at radius 3 is 2.59 bits per heavy atom. The van der Waals surface area contributed by atoms with E-state index in [1.54, 1.807) is 50.8 Å². The average Bonchev–Trinajstić information content (AvgIpc) is 2.94. The number of anilines is 4. The van der Waals surface area contributed by atoms with Gasteiger partial charge in [0.15, 0.2) is 0 Å². The molecule has 11 nitrogen and oxygen atoms in total. The molecule has 0 atom stereocenters. The largest absolute Gasteiger partial charge is 0.494 e. The van der Waals surface area contributed by atoms with Gasteiger partial charge in [-0.3, -0.25) is 19.1 Å². The van der Waals surface area contributed by atoms with E-state index in [0.29, 0.717) is 39.4 Å². The third-order valence-corrected chi connectivity index (χ3v) is 6.19. The van der Waals surface area contributed by atoms with Gasteiger partial charge >= 0.3 is 0 Å². The Labute approximate surface area is 226 Å². The predicted molar refractivity (Wildman–Crippen MR) is 155 cm³/mol. The molecule has 0 aliphatic carbocycles. The summed E-state index contributed by atoms with van der Waals surface area (Å²) in [7, 11) is 9.17. The lowest BCUT2D eigenvalue weighted by Gasteiger charge is -2.26. The summed E-state index contributed by atoms with van der Waals surface area (Å²) in [6.07, 6.45) is 4.51. The minimum absolute atomic E-state index is 0.219. The van der Waals surface area contributed by atoms with E-state index < -0.39 is 0 Å². The Morgan fingerprint density at radius 2 is 1.92 bits per heavy atom. The number of hydrogen-bond acceptors (Lipinski definition) is 9. The van der Waals surface area contributed by atoms with Gasteiger partial charge in [-0.05, 0) is 44.4 Å². The lowest BCUT2D eigenvalue weighted by atomic mass is 10.1. The van der Waals surface area contributed by atoms with Crippen LogP contribution in [0.3, 0.4) is 0 Å². The minimum Gasteiger partial charge on any atom is -0.494 e. The lowest BCUT2D eigenvalue weighted by molar-refractivity contribution is -0.111. The van der Waals surface area contributed by atoms with Crippen LogP contribution in [-0.2, 0) is 11.8 Å². The van der Waals surface area contributed by atoms with Gasteiger partial charge in [-0.25, -0.2) is 4.98 Å². The third-order valence-electron chi connectivity index (χ3n) is 6.19. The van der Waals surface area contributed by atoms with Crippen LogP contribution in [0.4, 0.5) is 23.0 Å². The van der Waals surface area contributed by atoms with Crippen LogP contribution in [0.15, 0.2) is 66.2 Å². The van der Waals surface area contributed by atoms with Crippen molar-refractivity contribution in [1.82, 2.24) is 24.4 Å². The fraction of sp³-hybridized carbons (Fsp3) is 0.250. The second-order valence-electron chi connectivity index (χ2n) is 9.22. The number of amides is 1. The molecular weight excluding hydrogens is 496 g/mol. The van der Waals surface area contributed by atoms with Gasteiger partial charge in [-0.1, -0.05) is 12.6 Å². The molecule has 2 N–H and O–H groups in total. The fourth-order valence-corrected chi connectivity index (χ4v) is 4.04. The summed E-state index contributed by atoms with van der Waals surface area (Å²) in [5.41, 5.74) is 3.16. The number of carbonyl (C=O) groups is 1. The first-order valence-corrected chi connectivity index (χ1v) is 12.3. The molecule has 0 fully saturated rings. The van der Waals surface area contributed by atoms with Crippen LogP contribution in [0, 0.1) is 0 Å². The highest BCUT2D eigenvalue weighted by Crippen LogP contribution is 2.38. The van der Waals surface area contributed by atoms with Gasteiger partial charge in [0.05, 0.1) is 35.4 Å². The number of aromatic nitrogens is 4. The van der Waals surface area contributed by atoms with E-state index in [-0.39, 0.29) is 17.4 Å². The summed E-state index contributed by atoms with van der Waals surface area (Å²) in [5, 5.41) is 6.74. The number of methoxy groups -OCH3 is 1. The maximum absolute atomic E-state index is 13.1. The average molecular weight is 529 g/mol. The van der Waals surface area contributed by atoms with E-state index in [1.807, 2.05) is 38.2 Å². The van der Waals surface area contributed by atoms with E-state index in [2.05, 4.69) is 37.1 Å². The number of hydrogen-bond donors (Lipinski definition) is 2. The Bertz CT molecular complexity index is 1570. The van der Waals surface area contributed by atoms with Gasteiger partial charge in [-0.15, -0.1) is 0 Å². The number of nitrogens with one attached hydrogen (secondary N) is 2. The van der Waals surface area contributed by atoms with Crippen LogP contribution >= 0.6 is 0 Å². The number of ether oxygens (including phenoxy) is 1. The molecule has 0 saturated carbocycles. The number of carbonyl (C=O) groups excluding carboxylic acids is 1. The molecule has 0 radical (unpaired) electrons. The molecule has 0 saturated heterocycles. The molecule has 4 rings (SSSR count). The second-order valence-corrected chi connectivity index (χ2v) is 9.22. The SMILES string of the molecule is C=CC(=O)Nc1cc(Nc2ncc3cc(-c4ccccn4)c(=O)n(C)c3n2)c(OC)cc1N(C)CCN(C)C. The molecule has 0 aliphatic rings. The summed E-state index contributed by atoms with van der Waals surface area (Å²) in [6.45, 7) is 5.10. The van der Waals surface area contributed by atoms with Gasteiger partial charge < -0.3 is 25.2 Å². The number of benzene rings is 1. The number of nitrogens with zero attached hydrogens (tertiary/aromatic N) is 6. The monoisotopic (exact) mass is 528 g/mol. The maximum atomic E-state index is 13.1. The molecular formula is C28H32N8O3. The van der Waals surface area contributed by atoms with E-state index in [0.717, 1.165) is 18.8 Å². The standard InChI is InChI=1S/C28H32N8O3/c1-7-25(37)31-21-15-22(24(39-6)16-23(21)35(4)13-12-34(2)3)32-28-30-17-18-14-19(20-10-8-9-11-29-20)27(38)36(5)26(18)33-28/h7-11,14-17H,1,12-13H2,2-6H3,(H,31,37)(H,30,32,33). The van der Waals surface area contributed by atoms with E-state index in [1.165, 1.54) is 10.6 Å². The highest BCUT2D eigenvalue weighted by Gasteiger charge is 2.17. The summed E-state index contributed by atoms with van der Waals surface area (Å²) in [4.78, 5) is 42.8. The van der Waals surface area contributed by atoms with Crippen LogP contribution in [-0.4, -0.2) is 71.7 Å². The van der Waals surface area contributed by atoms with Crippen molar-refractivity contribution in [3.8, 4) is 17.0 Å². The van der Waals surface area contributed by atoms with Crippen molar-refractivity contribution in [3.63, 3.8) is 0 Å². The van der Waals surface area contributed by atoms with E-state index in [9.17, 15) is 9.59 Å². The number of aryl methyl sites for hydroxylation is 1. The predicted octanol–water partition coefficient (Wildman–Crippen LogP) is 3.27. The van der Waals surface area contributed by atoms with Crippen molar-refractivity contribution in [2.24, 2.45) is 7.05 Å². The smallest absolute Gasteiger partial charge is 0.261 e. The maximum Gasteiger partial charge on any atom is 0.261 e. The molecule has 1 amide bonds. The molecule has 1 aromatic carbocycles.